The predicted octanol–water partition coefficient (Wildman–Crippen LogP) is 3.13. The van der Waals surface area contributed by atoms with Gasteiger partial charge in [0.25, 0.3) is 0 Å². The molecule has 0 spiro atoms. The number of esters is 1. The monoisotopic (exact) mass is 457 g/mol. The number of hydrogen-bond donors (Lipinski definition) is 1. The number of para-hydroxylation sites is 1. The summed E-state index contributed by atoms with van der Waals surface area (Å²) in [5, 5.41) is 5.60. The van der Waals surface area contributed by atoms with Crippen molar-refractivity contribution in [1.82, 2.24) is 10.2 Å². The number of aliphatic imine (C=N–C) groups is 1. The molecule has 0 bridgehead atoms. The Kier molecular flexibility index (Phi) is 6.86. The zero-order chi connectivity index (χ0) is 22.7. The summed E-state index contributed by atoms with van der Waals surface area (Å²) < 4.78 is 16.3. The van der Waals surface area contributed by atoms with Gasteiger partial charge < -0.3 is 24.4 Å². The van der Waals surface area contributed by atoms with Gasteiger partial charge in [-0.15, -0.1) is 0 Å². The van der Waals surface area contributed by atoms with Gasteiger partial charge >= 0.3 is 5.97 Å². The normalized spacial score (nSPS) is 22.3. The van der Waals surface area contributed by atoms with E-state index < -0.39 is 12.0 Å². The van der Waals surface area contributed by atoms with E-state index in [1.807, 2.05) is 34.6 Å². The number of thioether (sulfide) groups is 1. The van der Waals surface area contributed by atoms with Gasteiger partial charge in [-0.2, -0.15) is 0 Å². The van der Waals surface area contributed by atoms with E-state index in [-0.39, 0.29) is 18.4 Å². The van der Waals surface area contributed by atoms with Crippen molar-refractivity contribution in [2.75, 3.05) is 27.4 Å². The highest BCUT2D eigenvalue weighted by molar-refractivity contribution is 8.16. The van der Waals surface area contributed by atoms with Crippen molar-refractivity contribution >= 4 is 28.8 Å². The van der Waals surface area contributed by atoms with Crippen LogP contribution in [0.1, 0.15) is 37.8 Å². The Bertz CT molecular complexity index is 997. The van der Waals surface area contributed by atoms with Crippen molar-refractivity contribution in [3.8, 4) is 5.75 Å². The molecule has 1 N–H and O–H groups in total. The van der Waals surface area contributed by atoms with Crippen molar-refractivity contribution in [1.29, 1.82) is 0 Å². The van der Waals surface area contributed by atoms with Crippen LogP contribution in [0.4, 0.5) is 0 Å². The fourth-order valence-corrected chi connectivity index (χ4v) is 5.15. The summed E-state index contributed by atoms with van der Waals surface area (Å²) in [6.45, 7) is 3.05. The molecule has 2 atom stereocenters. The number of amides is 1. The van der Waals surface area contributed by atoms with Crippen molar-refractivity contribution in [3.63, 3.8) is 0 Å². The Morgan fingerprint density at radius 1 is 1.31 bits per heavy atom. The van der Waals surface area contributed by atoms with Crippen LogP contribution in [0.5, 0.6) is 5.75 Å². The fourth-order valence-electron chi connectivity index (χ4n) is 4.19. The number of amidine groups is 1. The maximum absolute atomic E-state index is 12.8. The van der Waals surface area contributed by atoms with E-state index in [2.05, 4.69) is 10.3 Å². The number of rotatable bonds is 7. The lowest BCUT2D eigenvalue weighted by Gasteiger charge is -2.36. The highest BCUT2D eigenvalue weighted by Crippen LogP contribution is 2.46. The molecule has 1 saturated heterocycles. The molecule has 170 valence electrons. The molecule has 3 aliphatic rings. The number of nitrogens with zero attached hydrogens (tertiary/aromatic N) is 2. The summed E-state index contributed by atoms with van der Waals surface area (Å²) in [4.78, 5) is 32.1. The minimum atomic E-state index is -0.515. The molecule has 3 heterocycles. The fraction of sp³-hybridized carbons (Fsp3) is 0.435. The van der Waals surface area contributed by atoms with Crippen LogP contribution in [0.25, 0.3) is 0 Å². The highest BCUT2D eigenvalue weighted by Gasteiger charge is 2.42. The molecule has 32 heavy (non-hydrogen) atoms. The van der Waals surface area contributed by atoms with Crippen molar-refractivity contribution in [2.24, 2.45) is 4.99 Å². The number of carbonyl (C=O) groups excluding carboxylic acids is 2. The van der Waals surface area contributed by atoms with Crippen LogP contribution in [0, 0.1) is 0 Å². The molecule has 0 aliphatic carbocycles. The van der Waals surface area contributed by atoms with Gasteiger partial charge in [-0.1, -0.05) is 30.0 Å². The number of hydrogen-bond acceptors (Lipinski definition) is 8. The molecule has 3 aliphatic heterocycles. The summed E-state index contributed by atoms with van der Waals surface area (Å²) in [5.41, 5.74) is 2.58. The molecular weight excluding hydrogens is 430 g/mol. The van der Waals surface area contributed by atoms with Crippen LogP contribution in [0.15, 0.2) is 51.6 Å². The average Bonchev–Trinajstić information content (AvgIpc) is 3.46. The Hall–Kier alpha value is -2.78. The van der Waals surface area contributed by atoms with Gasteiger partial charge in [0, 0.05) is 24.4 Å². The predicted molar refractivity (Wildman–Crippen MR) is 122 cm³/mol. The maximum atomic E-state index is 12.8. The van der Waals surface area contributed by atoms with E-state index in [4.69, 9.17) is 14.2 Å². The lowest BCUT2D eigenvalue weighted by atomic mass is 9.93. The van der Waals surface area contributed by atoms with Crippen molar-refractivity contribution in [3.05, 3.63) is 52.2 Å². The van der Waals surface area contributed by atoms with Crippen LogP contribution in [-0.4, -0.2) is 55.4 Å². The van der Waals surface area contributed by atoms with E-state index in [1.165, 1.54) is 18.9 Å². The molecular formula is C23H27N3O5S. The molecule has 1 amide bonds. The first-order valence-corrected chi connectivity index (χ1v) is 11.5. The second-order valence-corrected chi connectivity index (χ2v) is 8.58. The lowest BCUT2D eigenvalue weighted by molar-refractivity contribution is -0.136. The van der Waals surface area contributed by atoms with Gasteiger partial charge in [0.2, 0.25) is 5.91 Å². The topological polar surface area (TPSA) is 89.5 Å². The molecule has 0 aromatic heterocycles. The summed E-state index contributed by atoms with van der Waals surface area (Å²) in [7, 11) is 2.95. The van der Waals surface area contributed by atoms with E-state index >= 15 is 0 Å². The van der Waals surface area contributed by atoms with Crippen LogP contribution >= 0.6 is 11.8 Å². The number of allylic oxidation sites excluding steroid dienone is 1. The molecule has 1 fully saturated rings. The summed E-state index contributed by atoms with van der Waals surface area (Å²) in [6.07, 6.45) is 2.23. The van der Waals surface area contributed by atoms with Crippen molar-refractivity contribution in [2.45, 2.75) is 38.3 Å². The standard InChI is InChI=1S/C23H27N3O5S/c1-14-20(22(28)30-3)21(17-8-4-5-9-18(17)29-2)26-15(13-32-23(26)25-14)11-19(27)24-12-16-7-6-10-31-16/h4-5,8-9,13,16,21H,6-7,10-12H2,1-3H3,(H,24,27). The highest BCUT2D eigenvalue weighted by atomic mass is 32.2. The molecule has 0 radical (unpaired) electrons. The zero-order valence-electron chi connectivity index (χ0n) is 18.4. The van der Waals surface area contributed by atoms with E-state index in [1.54, 1.807) is 14.0 Å². The second-order valence-electron chi connectivity index (χ2n) is 7.74. The molecule has 0 saturated carbocycles. The number of benzene rings is 1. The number of ether oxygens (including phenoxy) is 3. The Balaban J connectivity index is 1.63. The smallest absolute Gasteiger partial charge is 0.338 e. The van der Waals surface area contributed by atoms with Crippen LogP contribution in [0.2, 0.25) is 0 Å². The number of carbonyl (C=O) groups is 2. The number of nitrogens with one attached hydrogen (secondary N) is 1. The van der Waals surface area contributed by atoms with Gasteiger partial charge in [0.1, 0.15) is 5.75 Å². The van der Waals surface area contributed by atoms with Crippen LogP contribution in [-0.2, 0) is 19.1 Å². The van der Waals surface area contributed by atoms with E-state index in [0.717, 1.165) is 30.7 Å². The largest absolute Gasteiger partial charge is 0.496 e. The molecule has 4 rings (SSSR count). The SMILES string of the molecule is COC(=O)C1=C(C)N=C2SC=C(CC(=O)NCC3CCCO3)N2C1c1ccccc1OC. The van der Waals surface area contributed by atoms with E-state index in [0.29, 0.717) is 28.7 Å². The van der Waals surface area contributed by atoms with Gasteiger partial charge in [-0.3, -0.25) is 4.79 Å². The van der Waals surface area contributed by atoms with Crippen molar-refractivity contribution < 1.29 is 23.8 Å². The first-order valence-electron chi connectivity index (χ1n) is 10.6. The van der Waals surface area contributed by atoms with Gasteiger partial charge in [0.15, 0.2) is 5.17 Å². The summed E-state index contributed by atoms with van der Waals surface area (Å²) in [6, 6.07) is 7.03. The van der Waals surface area contributed by atoms with Gasteiger partial charge in [0.05, 0.1) is 44.1 Å². The number of methoxy groups -OCH3 is 2. The second kappa shape index (κ2) is 9.79. The molecule has 1 aromatic rings. The van der Waals surface area contributed by atoms with Gasteiger partial charge in [-0.25, -0.2) is 9.79 Å². The Morgan fingerprint density at radius 3 is 2.84 bits per heavy atom. The maximum Gasteiger partial charge on any atom is 0.338 e. The van der Waals surface area contributed by atoms with E-state index in [9.17, 15) is 9.59 Å². The van der Waals surface area contributed by atoms with Crippen LogP contribution < -0.4 is 10.1 Å². The first-order chi connectivity index (χ1) is 15.5. The Labute approximate surface area is 191 Å². The summed E-state index contributed by atoms with van der Waals surface area (Å²) >= 11 is 1.44. The van der Waals surface area contributed by atoms with Crippen LogP contribution in [0.3, 0.4) is 0 Å². The molecule has 9 heteroatoms. The zero-order valence-corrected chi connectivity index (χ0v) is 19.2. The average molecular weight is 458 g/mol. The third-order valence-corrected chi connectivity index (χ3v) is 6.62. The Morgan fingerprint density at radius 2 is 2.12 bits per heavy atom. The number of fused-ring (bicyclic) bond motifs is 1. The molecule has 8 nitrogen and oxygen atoms in total. The third kappa shape index (κ3) is 4.40. The van der Waals surface area contributed by atoms with Gasteiger partial charge in [-0.05, 0) is 31.2 Å². The summed E-state index contributed by atoms with van der Waals surface area (Å²) in [5.74, 6) is 0.0885. The minimum absolute atomic E-state index is 0.0795. The lowest BCUT2D eigenvalue weighted by Crippen LogP contribution is -2.38. The quantitative estimate of drug-likeness (QED) is 0.629. The molecule has 2 unspecified atom stereocenters. The third-order valence-electron chi connectivity index (χ3n) is 5.73. The minimum Gasteiger partial charge on any atom is -0.496 e. The first kappa shape index (κ1) is 22.4. The molecule has 1 aromatic carbocycles.